The van der Waals surface area contributed by atoms with Gasteiger partial charge in [-0.05, 0) is 16.8 Å². The van der Waals surface area contributed by atoms with Gasteiger partial charge in [0.1, 0.15) is 5.82 Å². The smallest absolute Gasteiger partial charge is 0.295 e. The van der Waals surface area contributed by atoms with Gasteiger partial charge in [-0.1, -0.05) is 0 Å². The number of carbonyl (C=O) groups is 2. The van der Waals surface area contributed by atoms with Crippen molar-refractivity contribution in [2.24, 2.45) is 0 Å². The van der Waals surface area contributed by atoms with Gasteiger partial charge in [-0.2, -0.15) is 0 Å². The maximum Gasteiger partial charge on any atom is 0.295 e. The molecule has 18 heavy (non-hydrogen) atoms. The highest BCUT2D eigenvalue weighted by molar-refractivity contribution is 6.17. The molecule has 0 aromatic carbocycles. The van der Waals surface area contributed by atoms with Crippen LogP contribution in [-0.2, 0) is 16.0 Å². The lowest BCUT2D eigenvalue weighted by molar-refractivity contribution is -0.125. The summed E-state index contributed by atoms with van der Waals surface area (Å²) in [6, 6.07) is 0. The van der Waals surface area contributed by atoms with Gasteiger partial charge in [0.25, 0.3) is 11.8 Å². The lowest BCUT2D eigenvalue weighted by Gasteiger charge is -2.17. The van der Waals surface area contributed by atoms with Gasteiger partial charge in [-0.3, -0.25) is 14.9 Å². The van der Waals surface area contributed by atoms with Crippen LogP contribution in [0.1, 0.15) is 12.2 Å². The van der Waals surface area contributed by atoms with Crippen LogP contribution >= 0.6 is 0 Å². The molecule has 9 heteroatoms. The molecule has 1 aliphatic rings. The maximum absolute atomic E-state index is 11.4. The molecule has 0 radical (unpaired) electrons. The van der Waals surface area contributed by atoms with Gasteiger partial charge in [0, 0.05) is 20.0 Å². The number of aliphatic hydroxyl groups is 1. The monoisotopic (exact) mass is 252 g/mol. The summed E-state index contributed by atoms with van der Waals surface area (Å²) in [5, 5.41) is 24.7. The number of tetrazole rings is 1. The standard InChI is InChI=1S/C9H12N6O3/c1-15(4-2-3-5-11-13-14-12-5)6-7(16)9(18)10-8(6)17/h2-4H2,1H3,(H2,10,16,17,18)(H,11,12,13,14). The minimum atomic E-state index is -0.763. The molecule has 0 spiro atoms. The number of aliphatic hydroxyl groups excluding tert-OH is 1. The van der Waals surface area contributed by atoms with Crippen molar-refractivity contribution in [3.8, 4) is 0 Å². The Morgan fingerprint density at radius 1 is 1.33 bits per heavy atom. The van der Waals surface area contributed by atoms with Crippen LogP contribution in [0.4, 0.5) is 0 Å². The van der Waals surface area contributed by atoms with Gasteiger partial charge in [0.05, 0.1) is 0 Å². The number of amides is 2. The normalized spacial score (nSPS) is 15.2. The Morgan fingerprint density at radius 2 is 2.11 bits per heavy atom. The summed E-state index contributed by atoms with van der Waals surface area (Å²) in [4.78, 5) is 24.0. The first-order valence-corrected chi connectivity index (χ1v) is 5.32. The Bertz CT molecular complexity index is 494. The average Bonchev–Trinajstić information content (AvgIpc) is 2.89. The summed E-state index contributed by atoms with van der Waals surface area (Å²) in [6.07, 6.45) is 1.28. The summed E-state index contributed by atoms with van der Waals surface area (Å²) in [6.45, 7) is 0.487. The van der Waals surface area contributed by atoms with Gasteiger partial charge in [-0.25, -0.2) is 5.10 Å². The number of nitrogens with one attached hydrogen (secondary N) is 2. The number of H-pyrrole nitrogens is 1. The predicted octanol–water partition coefficient (Wildman–Crippen LogP) is -1.51. The Balaban J connectivity index is 1.90. The van der Waals surface area contributed by atoms with Crippen LogP contribution in [0, 0.1) is 0 Å². The number of aromatic nitrogens is 4. The van der Waals surface area contributed by atoms with Gasteiger partial charge in [0.15, 0.2) is 5.70 Å². The zero-order chi connectivity index (χ0) is 13.1. The van der Waals surface area contributed by atoms with E-state index in [-0.39, 0.29) is 5.70 Å². The summed E-state index contributed by atoms with van der Waals surface area (Å²) < 4.78 is 0. The van der Waals surface area contributed by atoms with Crippen LogP contribution in [0.5, 0.6) is 0 Å². The second kappa shape index (κ2) is 4.82. The zero-order valence-electron chi connectivity index (χ0n) is 9.67. The number of nitrogens with zero attached hydrogens (tertiary/aromatic N) is 4. The summed E-state index contributed by atoms with van der Waals surface area (Å²) >= 11 is 0. The van der Waals surface area contributed by atoms with E-state index in [0.717, 1.165) is 0 Å². The third kappa shape index (κ3) is 2.29. The molecule has 2 rings (SSSR count). The topological polar surface area (TPSA) is 124 Å². The van der Waals surface area contributed by atoms with E-state index < -0.39 is 17.6 Å². The zero-order valence-corrected chi connectivity index (χ0v) is 9.67. The summed E-state index contributed by atoms with van der Waals surface area (Å²) in [7, 11) is 1.63. The number of hydrogen-bond donors (Lipinski definition) is 3. The molecule has 96 valence electrons. The fraction of sp³-hybridized carbons (Fsp3) is 0.444. The van der Waals surface area contributed by atoms with Crippen molar-refractivity contribution >= 4 is 11.8 Å². The minimum absolute atomic E-state index is 0.00399. The molecule has 0 unspecified atom stereocenters. The number of likely N-dealkylation sites (N-methyl/N-ethyl adjacent to an activating group) is 1. The van der Waals surface area contributed by atoms with Gasteiger partial charge >= 0.3 is 0 Å². The minimum Gasteiger partial charge on any atom is -0.501 e. The van der Waals surface area contributed by atoms with Crippen LogP contribution in [0.3, 0.4) is 0 Å². The number of carbonyl (C=O) groups excluding carboxylic acids is 2. The number of aromatic amines is 1. The van der Waals surface area contributed by atoms with Crippen molar-refractivity contribution in [1.29, 1.82) is 0 Å². The van der Waals surface area contributed by atoms with Crippen LogP contribution in [0.15, 0.2) is 11.5 Å². The summed E-state index contributed by atoms with van der Waals surface area (Å²) in [5.74, 6) is -1.24. The Kier molecular flexibility index (Phi) is 3.22. The molecule has 1 aliphatic heterocycles. The molecule has 3 N–H and O–H groups in total. The van der Waals surface area contributed by atoms with Crippen LogP contribution in [0.2, 0.25) is 0 Å². The fourth-order valence-electron chi connectivity index (χ4n) is 1.67. The lowest BCUT2D eigenvalue weighted by atomic mass is 10.2. The van der Waals surface area contributed by atoms with E-state index in [1.54, 1.807) is 7.05 Å². The molecule has 0 saturated heterocycles. The average molecular weight is 252 g/mol. The van der Waals surface area contributed by atoms with E-state index in [1.807, 2.05) is 5.32 Å². The van der Waals surface area contributed by atoms with Crippen molar-refractivity contribution in [2.75, 3.05) is 13.6 Å². The van der Waals surface area contributed by atoms with E-state index in [2.05, 4.69) is 20.6 Å². The number of hydrogen-bond acceptors (Lipinski definition) is 7. The SMILES string of the molecule is CN(CCCc1nnn[nH]1)C1=C(O)C(=O)NC1=O. The highest BCUT2D eigenvalue weighted by Gasteiger charge is 2.32. The largest absolute Gasteiger partial charge is 0.501 e. The number of imide groups is 1. The first-order valence-electron chi connectivity index (χ1n) is 5.32. The van der Waals surface area contributed by atoms with Crippen LogP contribution < -0.4 is 5.32 Å². The number of aryl methyl sites for hydroxylation is 1. The lowest BCUT2D eigenvalue weighted by Crippen LogP contribution is -2.29. The molecular formula is C9H12N6O3. The molecule has 1 aromatic heterocycles. The molecule has 2 amide bonds. The fourth-order valence-corrected chi connectivity index (χ4v) is 1.67. The number of rotatable bonds is 5. The second-order valence-corrected chi connectivity index (χ2v) is 3.85. The predicted molar refractivity (Wildman–Crippen MR) is 57.9 cm³/mol. The first-order chi connectivity index (χ1) is 8.59. The van der Waals surface area contributed by atoms with E-state index in [1.165, 1.54) is 4.90 Å². The summed E-state index contributed by atoms with van der Waals surface area (Å²) in [5.41, 5.74) is -0.00399. The van der Waals surface area contributed by atoms with Crippen molar-refractivity contribution in [1.82, 2.24) is 30.8 Å². The van der Waals surface area contributed by atoms with Crippen molar-refractivity contribution in [3.05, 3.63) is 17.3 Å². The van der Waals surface area contributed by atoms with Crippen LogP contribution in [0.25, 0.3) is 0 Å². The quantitative estimate of drug-likeness (QED) is 0.544. The molecule has 0 bridgehead atoms. The molecular weight excluding hydrogens is 240 g/mol. The van der Waals surface area contributed by atoms with Crippen LogP contribution in [-0.4, -0.2) is 56.0 Å². The van der Waals surface area contributed by atoms with Crippen molar-refractivity contribution in [2.45, 2.75) is 12.8 Å². The Labute approximate surface area is 102 Å². The van der Waals surface area contributed by atoms with E-state index in [0.29, 0.717) is 25.2 Å². The van der Waals surface area contributed by atoms with E-state index in [4.69, 9.17) is 0 Å². The van der Waals surface area contributed by atoms with E-state index in [9.17, 15) is 14.7 Å². The molecule has 0 fully saturated rings. The third-order valence-corrected chi connectivity index (χ3v) is 2.56. The van der Waals surface area contributed by atoms with Crippen molar-refractivity contribution in [3.63, 3.8) is 0 Å². The Hall–Kier alpha value is -2.45. The molecule has 1 aromatic rings. The molecule has 9 nitrogen and oxygen atoms in total. The van der Waals surface area contributed by atoms with E-state index >= 15 is 0 Å². The van der Waals surface area contributed by atoms with Gasteiger partial charge in [-0.15, -0.1) is 5.10 Å². The van der Waals surface area contributed by atoms with Gasteiger partial charge < -0.3 is 10.0 Å². The highest BCUT2D eigenvalue weighted by atomic mass is 16.3. The van der Waals surface area contributed by atoms with Gasteiger partial charge in [0.2, 0.25) is 5.76 Å². The first kappa shape index (κ1) is 12.0. The molecule has 0 atom stereocenters. The molecule has 0 saturated carbocycles. The Morgan fingerprint density at radius 3 is 2.67 bits per heavy atom. The third-order valence-electron chi connectivity index (χ3n) is 2.56. The maximum atomic E-state index is 11.4. The molecule has 2 heterocycles. The van der Waals surface area contributed by atoms with Crippen molar-refractivity contribution < 1.29 is 14.7 Å². The molecule has 0 aliphatic carbocycles. The second-order valence-electron chi connectivity index (χ2n) is 3.85. The highest BCUT2D eigenvalue weighted by Crippen LogP contribution is 2.13.